The largest absolute Gasteiger partial charge is 0.247 e. The number of hydrogen-bond acceptors (Lipinski definition) is 0. The Bertz CT molecular complexity index is 852. The maximum absolute atomic E-state index is 15.5. The molecule has 0 N–H and O–H groups in total. The van der Waals surface area contributed by atoms with Gasteiger partial charge in [0.1, 0.15) is 6.17 Å². The minimum atomic E-state index is -0.694. The maximum atomic E-state index is 15.5. The van der Waals surface area contributed by atoms with Gasteiger partial charge in [0, 0.05) is 10.9 Å². The molecule has 2 aliphatic rings. The highest BCUT2D eigenvalue weighted by Gasteiger charge is 2.33. The van der Waals surface area contributed by atoms with E-state index in [1.165, 1.54) is 80.9 Å². The van der Waals surface area contributed by atoms with Crippen LogP contribution in [0.4, 0.5) is 4.39 Å². The average Bonchev–Trinajstić information content (AvgIpc) is 2.87. The second kappa shape index (κ2) is 13.1. The van der Waals surface area contributed by atoms with Crippen LogP contribution in [-0.2, 0) is 12.8 Å². The van der Waals surface area contributed by atoms with Crippen LogP contribution in [0.15, 0.2) is 48.5 Å². The first-order valence-electron chi connectivity index (χ1n) is 14.1. The summed E-state index contributed by atoms with van der Waals surface area (Å²) in [5.74, 6) is 2.56. The minimum absolute atomic E-state index is 0.0756. The molecule has 2 saturated carbocycles. The number of alkyl halides is 1. The minimum Gasteiger partial charge on any atom is -0.247 e. The van der Waals surface area contributed by atoms with Crippen LogP contribution in [0.1, 0.15) is 107 Å². The van der Waals surface area contributed by atoms with E-state index in [9.17, 15) is 0 Å². The maximum Gasteiger partial charge on any atom is 0.107 e. The van der Waals surface area contributed by atoms with Gasteiger partial charge < -0.3 is 0 Å². The van der Waals surface area contributed by atoms with E-state index in [1.54, 1.807) is 0 Å². The van der Waals surface area contributed by atoms with Crippen molar-refractivity contribution in [2.45, 2.75) is 109 Å². The Morgan fingerprint density at radius 3 is 2.12 bits per heavy atom. The predicted octanol–water partition coefficient (Wildman–Crippen LogP) is 10.1. The van der Waals surface area contributed by atoms with Gasteiger partial charge in [-0.05, 0) is 78.7 Å². The standard InChI is InChI=1S/C32H44ClF/c1-2-3-6-24-9-11-25(12-10-24)13-14-27-18-22-31(32(34)23-27)30-8-5-4-7-28(30)19-15-26-16-20-29(33)21-17-26/h4-5,7-8,16-17,20-21,24-25,27,31-32H,2-3,6,9-15,18-19,22-23H2,1H3. The lowest BCUT2D eigenvalue weighted by Gasteiger charge is -2.34. The molecule has 34 heavy (non-hydrogen) atoms. The summed E-state index contributed by atoms with van der Waals surface area (Å²) in [6.45, 7) is 2.30. The summed E-state index contributed by atoms with van der Waals surface area (Å²) in [6.07, 6.45) is 16.7. The van der Waals surface area contributed by atoms with Gasteiger partial charge in [-0.15, -0.1) is 0 Å². The zero-order chi connectivity index (χ0) is 23.8. The summed E-state index contributed by atoms with van der Waals surface area (Å²) >= 11 is 6.03. The molecule has 0 nitrogen and oxygen atoms in total. The SMILES string of the molecule is CCCCC1CCC(CCC2CCC(c3ccccc3CCc3ccc(Cl)cc3)C(F)C2)CC1. The normalized spacial score (nSPS) is 27.6. The Balaban J connectivity index is 1.25. The Hall–Kier alpha value is -1.34. The summed E-state index contributed by atoms with van der Waals surface area (Å²) < 4.78 is 15.5. The van der Waals surface area contributed by atoms with E-state index < -0.39 is 6.17 Å². The number of unbranched alkanes of at least 4 members (excludes halogenated alkanes) is 1. The number of rotatable bonds is 10. The van der Waals surface area contributed by atoms with Crippen LogP contribution in [0.3, 0.4) is 0 Å². The number of hydrogen-bond donors (Lipinski definition) is 0. The van der Waals surface area contributed by atoms with E-state index in [0.717, 1.165) is 42.5 Å². The van der Waals surface area contributed by atoms with Gasteiger partial charge in [0.15, 0.2) is 0 Å². The molecule has 0 heterocycles. The Kier molecular flexibility index (Phi) is 9.92. The highest BCUT2D eigenvalue weighted by Crippen LogP contribution is 2.42. The summed E-state index contributed by atoms with van der Waals surface area (Å²) in [4.78, 5) is 0. The molecule has 2 aliphatic carbocycles. The predicted molar refractivity (Wildman–Crippen MR) is 144 cm³/mol. The van der Waals surface area contributed by atoms with Crippen molar-refractivity contribution in [2.24, 2.45) is 17.8 Å². The molecular weight excluding hydrogens is 439 g/mol. The van der Waals surface area contributed by atoms with Crippen LogP contribution in [0.25, 0.3) is 0 Å². The van der Waals surface area contributed by atoms with Crippen molar-refractivity contribution in [3.05, 3.63) is 70.2 Å². The molecular formula is C32H44ClF. The van der Waals surface area contributed by atoms with E-state index in [2.05, 4.69) is 43.3 Å². The molecule has 0 bridgehead atoms. The zero-order valence-electron chi connectivity index (χ0n) is 21.2. The number of halogens is 2. The van der Waals surface area contributed by atoms with Crippen molar-refractivity contribution in [1.29, 1.82) is 0 Å². The first kappa shape index (κ1) is 25.7. The molecule has 0 amide bonds. The van der Waals surface area contributed by atoms with E-state index in [0.29, 0.717) is 5.92 Å². The van der Waals surface area contributed by atoms with Gasteiger partial charge in [0.2, 0.25) is 0 Å². The topological polar surface area (TPSA) is 0 Å². The molecule has 0 spiro atoms. The fraction of sp³-hybridized carbons (Fsp3) is 0.625. The third-order valence-corrected chi connectivity index (χ3v) is 9.10. The zero-order valence-corrected chi connectivity index (χ0v) is 21.9. The first-order chi connectivity index (χ1) is 16.6. The lowest BCUT2D eigenvalue weighted by molar-refractivity contribution is 0.152. The second-order valence-electron chi connectivity index (χ2n) is 11.2. The van der Waals surface area contributed by atoms with E-state index in [1.807, 2.05) is 12.1 Å². The smallest absolute Gasteiger partial charge is 0.107 e. The molecule has 2 fully saturated rings. The van der Waals surface area contributed by atoms with Crippen LogP contribution in [0.5, 0.6) is 0 Å². The molecule has 2 aromatic rings. The van der Waals surface area contributed by atoms with Gasteiger partial charge in [-0.25, -0.2) is 4.39 Å². The van der Waals surface area contributed by atoms with Gasteiger partial charge in [0.25, 0.3) is 0 Å². The van der Waals surface area contributed by atoms with Gasteiger partial charge in [0.05, 0.1) is 0 Å². The lowest BCUT2D eigenvalue weighted by atomic mass is 9.72. The van der Waals surface area contributed by atoms with E-state index in [4.69, 9.17) is 11.6 Å². The van der Waals surface area contributed by atoms with Crippen LogP contribution in [-0.4, -0.2) is 6.17 Å². The van der Waals surface area contributed by atoms with Gasteiger partial charge >= 0.3 is 0 Å². The van der Waals surface area contributed by atoms with Crippen molar-refractivity contribution in [2.75, 3.05) is 0 Å². The number of aryl methyl sites for hydroxylation is 2. The van der Waals surface area contributed by atoms with Gasteiger partial charge in [-0.1, -0.05) is 113 Å². The molecule has 3 atom stereocenters. The summed E-state index contributed by atoms with van der Waals surface area (Å²) in [6, 6.07) is 16.7. The van der Waals surface area contributed by atoms with Gasteiger partial charge in [-0.3, -0.25) is 0 Å². The van der Waals surface area contributed by atoms with E-state index >= 15 is 4.39 Å². The van der Waals surface area contributed by atoms with Crippen molar-refractivity contribution in [3.8, 4) is 0 Å². The highest BCUT2D eigenvalue weighted by atomic mass is 35.5. The van der Waals surface area contributed by atoms with Gasteiger partial charge in [-0.2, -0.15) is 0 Å². The molecule has 0 aliphatic heterocycles. The summed E-state index contributed by atoms with van der Waals surface area (Å²) in [5.41, 5.74) is 3.87. The van der Waals surface area contributed by atoms with Crippen LogP contribution in [0, 0.1) is 17.8 Å². The third kappa shape index (κ3) is 7.33. The molecule has 186 valence electrons. The van der Waals surface area contributed by atoms with Crippen molar-refractivity contribution in [3.63, 3.8) is 0 Å². The Labute approximate surface area is 212 Å². The third-order valence-electron chi connectivity index (χ3n) is 8.85. The van der Waals surface area contributed by atoms with Crippen molar-refractivity contribution >= 4 is 11.6 Å². The number of benzene rings is 2. The fourth-order valence-electron chi connectivity index (χ4n) is 6.64. The van der Waals surface area contributed by atoms with Crippen molar-refractivity contribution < 1.29 is 4.39 Å². The molecule has 0 radical (unpaired) electrons. The molecule has 4 rings (SSSR count). The van der Waals surface area contributed by atoms with Crippen LogP contribution in [0.2, 0.25) is 5.02 Å². The molecule has 0 aromatic heterocycles. The summed E-state index contributed by atoms with van der Waals surface area (Å²) in [7, 11) is 0. The molecule has 0 saturated heterocycles. The second-order valence-corrected chi connectivity index (χ2v) is 11.7. The molecule has 3 unspecified atom stereocenters. The molecule has 2 aromatic carbocycles. The Morgan fingerprint density at radius 1 is 0.765 bits per heavy atom. The van der Waals surface area contributed by atoms with Crippen molar-refractivity contribution in [1.82, 2.24) is 0 Å². The highest BCUT2D eigenvalue weighted by molar-refractivity contribution is 6.30. The summed E-state index contributed by atoms with van der Waals surface area (Å²) in [5, 5.41) is 0.779. The van der Waals surface area contributed by atoms with E-state index in [-0.39, 0.29) is 5.92 Å². The van der Waals surface area contributed by atoms with Crippen LogP contribution < -0.4 is 0 Å². The monoisotopic (exact) mass is 482 g/mol. The Morgan fingerprint density at radius 2 is 1.41 bits per heavy atom. The van der Waals surface area contributed by atoms with Crippen LogP contribution >= 0.6 is 11.6 Å². The molecule has 2 heteroatoms. The first-order valence-corrected chi connectivity index (χ1v) is 14.5. The fourth-order valence-corrected chi connectivity index (χ4v) is 6.76. The quantitative estimate of drug-likeness (QED) is 0.316. The lowest BCUT2D eigenvalue weighted by Crippen LogP contribution is -2.26. The average molecular weight is 483 g/mol.